The Morgan fingerprint density at radius 1 is 0.512 bits per heavy atom. The Hall–Kier alpha value is -4.46. The fourth-order valence-corrected chi connectivity index (χ4v) is 8.74. The first-order valence-electron chi connectivity index (χ1n) is 31.2. The van der Waals surface area contributed by atoms with Gasteiger partial charge >= 0.3 is 5.97 Å². The second kappa shape index (κ2) is 55.1. The number of ether oxygens (including phenoxy) is 3. The van der Waals surface area contributed by atoms with Crippen molar-refractivity contribution in [3.63, 3.8) is 0 Å². The first-order chi connectivity index (χ1) is 39.2. The molecule has 452 valence electrons. The molecular formula is C69H111NO10. The van der Waals surface area contributed by atoms with Gasteiger partial charge in [0.1, 0.15) is 24.4 Å². The highest BCUT2D eigenvalue weighted by atomic mass is 16.7. The van der Waals surface area contributed by atoms with Crippen molar-refractivity contribution in [2.45, 2.75) is 262 Å². The molecule has 0 aliphatic carbocycles. The molecule has 1 amide bonds. The number of carbonyl (C=O) groups excluding carboxylic acids is 2. The second-order valence-electron chi connectivity index (χ2n) is 20.8. The summed E-state index contributed by atoms with van der Waals surface area (Å²) in [4.78, 5) is 26.5. The quantitative estimate of drug-likeness (QED) is 0.0149. The fourth-order valence-electron chi connectivity index (χ4n) is 8.74. The lowest BCUT2D eigenvalue weighted by molar-refractivity contribution is -0.305. The Kier molecular flexibility index (Phi) is 50.7. The van der Waals surface area contributed by atoms with Crippen LogP contribution in [0.3, 0.4) is 0 Å². The molecule has 0 aromatic heterocycles. The van der Waals surface area contributed by atoms with Crippen LogP contribution in [-0.4, -0.2) is 99.6 Å². The average Bonchev–Trinajstić information content (AvgIpc) is 3.46. The average molecular weight is 1110 g/mol. The van der Waals surface area contributed by atoms with Crippen LogP contribution in [-0.2, 0) is 23.8 Å². The summed E-state index contributed by atoms with van der Waals surface area (Å²) in [6.45, 7) is 5.45. The summed E-state index contributed by atoms with van der Waals surface area (Å²) in [7, 11) is 0. The number of rotatable bonds is 50. The lowest BCUT2D eigenvalue weighted by Crippen LogP contribution is -2.61. The molecule has 0 aromatic rings. The van der Waals surface area contributed by atoms with Crippen molar-refractivity contribution in [1.82, 2.24) is 5.32 Å². The number of aliphatic hydroxyl groups is 5. The highest BCUT2D eigenvalue weighted by molar-refractivity contribution is 5.80. The molecule has 1 saturated heterocycles. The van der Waals surface area contributed by atoms with E-state index < -0.39 is 67.4 Å². The normalized spacial score (nSPS) is 19.8. The van der Waals surface area contributed by atoms with Crippen LogP contribution < -0.4 is 5.32 Å². The van der Waals surface area contributed by atoms with Gasteiger partial charge in [-0.2, -0.15) is 0 Å². The summed E-state index contributed by atoms with van der Waals surface area (Å²) < 4.78 is 17.6. The van der Waals surface area contributed by atoms with Crippen molar-refractivity contribution in [3.05, 3.63) is 146 Å². The molecule has 1 aliphatic heterocycles. The van der Waals surface area contributed by atoms with Gasteiger partial charge in [-0.1, -0.05) is 263 Å². The summed E-state index contributed by atoms with van der Waals surface area (Å²) >= 11 is 0. The third-order valence-corrected chi connectivity index (χ3v) is 13.6. The van der Waals surface area contributed by atoms with E-state index in [2.05, 4.69) is 105 Å². The summed E-state index contributed by atoms with van der Waals surface area (Å²) in [6, 6.07) is -1.07. The van der Waals surface area contributed by atoms with Crippen LogP contribution in [0, 0.1) is 0 Å². The van der Waals surface area contributed by atoms with Crippen molar-refractivity contribution >= 4 is 11.9 Å². The van der Waals surface area contributed by atoms with E-state index >= 15 is 0 Å². The topological polar surface area (TPSA) is 175 Å². The number of nitrogens with one attached hydrogen (secondary N) is 1. The van der Waals surface area contributed by atoms with Crippen molar-refractivity contribution in [1.29, 1.82) is 0 Å². The minimum absolute atomic E-state index is 0.0951. The molecule has 0 spiro atoms. The number of esters is 1. The lowest BCUT2D eigenvalue weighted by atomic mass is 9.99. The van der Waals surface area contributed by atoms with Gasteiger partial charge in [0, 0.05) is 6.42 Å². The minimum atomic E-state index is -1.64. The highest BCUT2D eigenvalue weighted by Gasteiger charge is 2.47. The Morgan fingerprint density at radius 3 is 1.48 bits per heavy atom. The number of hydrogen-bond donors (Lipinski definition) is 6. The third kappa shape index (κ3) is 42.4. The van der Waals surface area contributed by atoms with Crippen LogP contribution in [0.1, 0.15) is 213 Å². The van der Waals surface area contributed by atoms with E-state index in [1.54, 1.807) is 6.08 Å². The molecule has 8 unspecified atom stereocenters. The van der Waals surface area contributed by atoms with Gasteiger partial charge in [-0.3, -0.25) is 9.59 Å². The first-order valence-corrected chi connectivity index (χ1v) is 31.2. The molecule has 0 aromatic carbocycles. The summed E-state index contributed by atoms with van der Waals surface area (Å²) in [5, 5.41) is 56.8. The van der Waals surface area contributed by atoms with E-state index in [1.807, 2.05) is 60.8 Å². The Labute approximate surface area is 485 Å². The number of unbranched alkanes of at least 4 members (excludes halogenated alkanes) is 18. The molecule has 1 aliphatic rings. The Balaban J connectivity index is 2.63. The third-order valence-electron chi connectivity index (χ3n) is 13.6. The van der Waals surface area contributed by atoms with E-state index in [9.17, 15) is 35.1 Å². The number of hydrogen-bond acceptors (Lipinski definition) is 10. The predicted molar refractivity (Wildman–Crippen MR) is 333 cm³/mol. The summed E-state index contributed by atoms with van der Waals surface area (Å²) in [5.41, 5.74) is 0. The van der Waals surface area contributed by atoms with Crippen molar-refractivity contribution in [2.75, 3.05) is 13.2 Å². The molecule has 8 atom stereocenters. The Morgan fingerprint density at radius 2 is 0.963 bits per heavy atom. The van der Waals surface area contributed by atoms with Crippen molar-refractivity contribution in [2.24, 2.45) is 0 Å². The van der Waals surface area contributed by atoms with Crippen LogP contribution in [0.5, 0.6) is 0 Å². The van der Waals surface area contributed by atoms with Gasteiger partial charge in [0.15, 0.2) is 12.4 Å². The van der Waals surface area contributed by atoms with Crippen LogP contribution >= 0.6 is 0 Å². The predicted octanol–water partition coefficient (Wildman–Crippen LogP) is 15.0. The second-order valence-corrected chi connectivity index (χ2v) is 20.8. The molecular weight excluding hydrogens is 1000 g/mol. The molecule has 80 heavy (non-hydrogen) atoms. The number of allylic oxidation sites excluding steroid dienone is 23. The monoisotopic (exact) mass is 1110 g/mol. The van der Waals surface area contributed by atoms with Gasteiger partial charge in [-0.25, -0.2) is 0 Å². The van der Waals surface area contributed by atoms with Crippen LogP contribution in [0.2, 0.25) is 0 Å². The molecule has 11 heteroatoms. The van der Waals surface area contributed by atoms with Crippen molar-refractivity contribution < 1.29 is 49.3 Å². The maximum Gasteiger partial charge on any atom is 0.306 e. The van der Waals surface area contributed by atoms with Crippen LogP contribution in [0.25, 0.3) is 0 Å². The van der Waals surface area contributed by atoms with Gasteiger partial charge in [-0.05, 0) is 89.9 Å². The van der Waals surface area contributed by atoms with E-state index in [0.29, 0.717) is 12.8 Å². The Bertz CT molecular complexity index is 1850. The van der Waals surface area contributed by atoms with Crippen LogP contribution in [0.15, 0.2) is 146 Å². The zero-order valence-corrected chi connectivity index (χ0v) is 49.9. The fraction of sp³-hybridized carbons (Fsp3) is 0.623. The molecule has 11 nitrogen and oxygen atoms in total. The van der Waals surface area contributed by atoms with E-state index in [1.165, 1.54) is 64.2 Å². The number of amides is 1. The number of aliphatic hydroxyl groups excluding tert-OH is 5. The zero-order valence-electron chi connectivity index (χ0n) is 49.9. The van der Waals surface area contributed by atoms with Gasteiger partial charge in [0.25, 0.3) is 0 Å². The molecule has 0 radical (unpaired) electrons. The van der Waals surface area contributed by atoms with Gasteiger partial charge in [-0.15, -0.1) is 0 Å². The van der Waals surface area contributed by atoms with Crippen LogP contribution in [0.4, 0.5) is 0 Å². The SMILES string of the molecule is CC/C=C\C/C=C\C/C=C\C/C=C\C/C=C\C/C=C\CCCCCCCCCCC(=O)OC1C(OCC(NC(=O)C(O)CC/C=C/C=C\C=C/C=C/C=C/CC)C(O)/C=C/CCCCCCCCCCCC)OC(CO)C(O)C1O. The maximum atomic E-state index is 13.3. The van der Waals surface area contributed by atoms with E-state index in [-0.39, 0.29) is 19.4 Å². The van der Waals surface area contributed by atoms with E-state index in [0.717, 1.165) is 103 Å². The van der Waals surface area contributed by atoms with Gasteiger partial charge in [0.05, 0.1) is 25.4 Å². The number of carbonyl (C=O) groups is 2. The smallest absolute Gasteiger partial charge is 0.306 e. The lowest BCUT2D eigenvalue weighted by Gasteiger charge is -2.41. The summed E-state index contributed by atoms with van der Waals surface area (Å²) in [6.07, 6.45) is 69.1. The molecule has 1 heterocycles. The molecule has 1 rings (SSSR count). The van der Waals surface area contributed by atoms with E-state index in [4.69, 9.17) is 14.2 Å². The first kappa shape index (κ1) is 73.6. The molecule has 0 saturated carbocycles. The maximum absolute atomic E-state index is 13.3. The largest absolute Gasteiger partial charge is 0.454 e. The standard InChI is InChI=1S/C69H111NO10/c1-4-7-10-13-16-19-22-25-26-27-28-29-30-31-32-33-34-35-36-37-38-39-42-45-48-51-54-57-64(74)80-67-66(76)65(75)63(58-71)79-69(67)78-59-60(61(72)55-52-49-46-43-40-23-20-17-14-11-8-5-2)70-68(77)62(73)56-53-50-47-44-41-24-21-18-15-12-9-6-3/h7,9-10,12,15-16,18-19,21,24-26,28-29,31-32,34-35,41,44,47,50,52,55,60-63,65-67,69,71-73,75-76H,4-6,8,11,13-14,17,20,22-23,27,30,33,36-40,42-43,45-46,48-49,51,53-54,56-59H2,1-3H3,(H,70,77)/b10-7-,12-9+,18-15+,19-16-,24-21-,26-25-,29-28-,32-31-,35-34-,44-41-,50-47+,55-52+. The van der Waals surface area contributed by atoms with Crippen molar-refractivity contribution in [3.8, 4) is 0 Å². The van der Waals surface area contributed by atoms with Gasteiger partial charge < -0.3 is 45.1 Å². The van der Waals surface area contributed by atoms with Gasteiger partial charge in [0.2, 0.25) is 5.91 Å². The molecule has 6 N–H and O–H groups in total. The minimum Gasteiger partial charge on any atom is -0.454 e. The highest BCUT2D eigenvalue weighted by Crippen LogP contribution is 2.26. The molecule has 1 fully saturated rings. The summed E-state index contributed by atoms with van der Waals surface area (Å²) in [5.74, 6) is -1.29. The zero-order chi connectivity index (χ0) is 58.2. The molecule has 0 bridgehead atoms.